The van der Waals surface area contributed by atoms with Gasteiger partial charge in [-0.15, -0.1) is 0 Å². The van der Waals surface area contributed by atoms with Crippen LogP contribution in [0, 0.1) is 13.8 Å². The maximum absolute atomic E-state index is 6.19. The molecular formula is C22H28N2O. The number of aryl methyl sites for hydroxylation is 2. The third-order valence-corrected chi connectivity index (χ3v) is 5.33. The normalized spacial score (nSPS) is 12.5. The van der Waals surface area contributed by atoms with Crippen LogP contribution in [0.3, 0.4) is 0 Å². The number of nitrogens with zero attached hydrogens (tertiary/aromatic N) is 1. The first-order valence-corrected chi connectivity index (χ1v) is 9.02. The van der Waals surface area contributed by atoms with Gasteiger partial charge in [0.25, 0.3) is 0 Å². The number of rotatable bonds is 6. The Kier molecular flexibility index (Phi) is 5.14. The summed E-state index contributed by atoms with van der Waals surface area (Å²) in [6, 6.07) is 15.0. The second-order valence-corrected chi connectivity index (χ2v) is 6.68. The van der Waals surface area contributed by atoms with Crippen molar-refractivity contribution in [3.8, 4) is 5.75 Å². The Balaban J connectivity index is 2.03. The Morgan fingerprint density at radius 3 is 2.52 bits per heavy atom. The number of para-hydroxylation sites is 1. The summed E-state index contributed by atoms with van der Waals surface area (Å²) in [5.41, 5.74) is 12.8. The first-order chi connectivity index (χ1) is 12.1. The fraction of sp³-hybridized carbons (Fsp3) is 0.364. The molecule has 0 saturated heterocycles. The Bertz CT molecular complexity index is 879. The highest BCUT2D eigenvalue weighted by molar-refractivity contribution is 5.85. The molecular weight excluding hydrogens is 308 g/mol. The summed E-state index contributed by atoms with van der Waals surface area (Å²) >= 11 is 0. The summed E-state index contributed by atoms with van der Waals surface area (Å²) in [5, 5.41) is 1.35. The highest BCUT2D eigenvalue weighted by Crippen LogP contribution is 2.32. The number of hydrogen-bond acceptors (Lipinski definition) is 2. The molecule has 0 radical (unpaired) electrons. The number of ether oxygens (including phenoxy) is 1. The van der Waals surface area contributed by atoms with E-state index in [1.807, 2.05) is 6.07 Å². The van der Waals surface area contributed by atoms with Gasteiger partial charge >= 0.3 is 0 Å². The van der Waals surface area contributed by atoms with Crippen LogP contribution >= 0.6 is 0 Å². The fourth-order valence-corrected chi connectivity index (χ4v) is 3.97. The predicted octanol–water partition coefficient (Wildman–Crippen LogP) is 4.57. The molecule has 0 aliphatic carbocycles. The first kappa shape index (κ1) is 17.6. The van der Waals surface area contributed by atoms with Gasteiger partial charge in [-0.1, -0.05) is 24.3 Å². The van der Waals surface area contributed by atoms with Crippen molar-refractivity contribution >= 4 is 10.9 Å². The molecule has 1 heterocycles. The van der Waals surface area contributed by atoms with Gasteiger partial charge in [0, 0.05) is 29.1 Å². The smallest absolute Gasteiger partial charge is 0.119 e. The molecule has 0 amide bonds. The largest absolute Gasteiger partial charge is 0.497 e. The highest BCUT2D eigenvalue weighted by atomic mass is 16.5. The molecule has 3 aromatic rings. The van der Waals surface area contributed by atoms with E-state index in [4.69, 9.17) is 10.5 Å². The molecule has 25 heavy (non-hydrogen) atoms. The quantitative estimate of drug-likeness (QED) is 0.716. The van der Waals surface area contributed by atoms with Crippen LogP contribution in [0.4, 0.5) is 0 Å². The van der Waals surface area contributed by atoms with Gasteiger partial charge in [0.1, 0.15) is 5.75 Å². The van der Waals surface area contributed by atoms with Crippen LogP contribution in [-0.2, 0) is 13.0 Å². The molecule has 3 heteroatoms. The zero-order valence-corrected chi connectivity index (χ0v) is 15.7. The number of fused-ring (bicyclic) bond motifs is 1. The van der Waals surface area contributed by atoms with E-state index in [1.165, 1.54) is 33.3 Å². The van der Waals surface area contributed by atoms with Gasteiger partial charge in [-0.05, 0) is 68.6 Å². The molecule has 0 bridgehead atoms. The molecule has 132 valence electrons. The van der Waals surface area contributed by atoms with Crippen LogP contribution in [-0.4, -0.2) is 18.2 Å². The SMILES string of the molecule is CCn1c(C)c(CC(CN)c2ccc(OC)cc2C)c2ccccc21. The molecule has 3 nitrogen and oxygen atoms in total. The number of hydrogen-bond donors (Lipinski definition) is 1. The summed E-state index contributed by atoms with van der Waals surface area (Å²) in [6.07, 6.45) is 0.961. The van der Waals surface area contributed by atoms with Crippen LogP contribution in [0.15, 0.2) is 42.5 Å². The molecule has 1 atom stereocenters. The van der Waals surface area contributed by atoms with Gasteiger partial charge in [-0.3, -0.25) is 0 Å². The molecule has 0 aliphatic heterocycles. The lowest BCUT2D eigenvalue weighted by atomic mass is 9.88. The molecule has 2 N–H and O–H groups in total. The summed E-state index contributed by atoms with van der Waals surface area (Å²) in [5.74, 6) is 1.21. The molecule has 1 aromatic heterocycles. The van der Waals surface area contributed by atoms with Crippen LogP contribution in [0.25, 0.3) is 10.9 Å². The molecule has 0 saturated carbocycles. The van der Waals surface area contributed by atoms with Crippen LogP contribution in [0.5, 0.6) is 5.75 Å². The number of methoxy groups -OCH3 is 1. The van der Waals surface area contributed by atoms with E-state index < -0.39 is 0 Å². The van der Waals surface area contributed by atoms with E-state index >= 15 is 0 Å². The Hall–Kier alpha value is -2.26. The topological polar surface area (TPSA) is 40.2 Å². The van der Waals surface area contributed by atoms with Crippen molar-refractivity contribution in [3.63, 3.8) is 0 Å². The van der Waals surface area contributed by atoms with Gasteiger partial charge in [0.05, 0.1) is 7.11 Å². The fourth-order valence-electron chi connectivity index (χ4n) is 3.97. The lowest BCUT2D eigenvalue weighted by Crippen LogP contribution is -2.16. The van der Waals surface area contributed by atoms with Gasteiger partial charge in [0.15, 0.2) is 0 Å². The first-order valence-electron chi connectivity index (χ1n) is 9.02. The summed E-state index contributed by atoms with van der Waals surface area (Å²) in [4.78, 5) is 0. The van der Waals surface area contributed by atoms with E-state index in [-0.39, 0.29) is 0 Å². The zero-order valence-electron chi connectivity index (χ0n) is 15.7. The van der Waals surface area contributed by atoms with Crippen molar-refractivity contribution in [2.24, 2.45) is 5.73 Å². The Labute approximate surface area is 150 Å². The van der Waals surface area contributed by atoms with E-state index in [9.17, 15) is 0 Å². The monoisotopic (exact) mass is 336 g/mol. The van der Waals surface area contributed by atoms with E-state index in [0.29, 0.717) is 12.5 Å². The van der Waals surface area contributed by atoms with E-state index in [1.54, 1.807) is 7.11 Å². The summed E-state index contributed by atoms with van der Waals surface area (Å²) in [7, 11) is 1.71. The van der Waals surface area contributed by atoms with Crippen molar-refractivity contribution < 1.29 is 4.74 Å². The summed E-state index contributed by atoms with van der Waals surface area (Å²) < 4.78 is 7.74. The van der Waals surface area contributed by atoms with Gasteiger partial charge in [-0.25, -0.2) is 0 Å². The maximum atomic E-state index is 6.19. The molecule has 2 aromatic carbocycles. The minimum atomic E-state index is 0.306. The second kappa shape index (κ2) is 7.32. The zero-order chi connectivity index (χ0) is 18.0. The summed E-state index contributed by atoms with van der Waals surface area (Å²) in [6.45, 7) is 8.20. The lowest BCUT2D eigenvalue weighted by Gasteiger charge is -2.19. The van der Waals surface area contributed by atoms with E-state index in [0.717, 1.165) is 18.7 Å². The number of aromatic nitrogens is 1. The highest BCUT2D eigenvalue weighted by Gasteiger charge is 2.19. The maximum Gasteiger partial charge on any atom is 0.119 e. The molecule has 0 spiro atoms. The number of benzene rings is 2. The number of nitrogens with two attached hydrogens (primary N) is 1. The van der Waals surface area contributed by atoms with Gasteiger partial charge in [0.2, 0.25) is 0 Å². The third kappa shape index (κ3) is 3.16. The van der Waals surface area contributed by atoms with E-state index in [2.05, 4.69) is 61.7 Å². The van der Waals surface area contributed by atoms with Crippen molar-refractivity contribution in [1.29, 1.82) is 0 Å². The van der Waals surface area contributed by atoms with Crippen LogP contribution in [0.1, 0.15) is 35.2 Å². The minimum absolute atomic E-state index is 0.306. The Morgan fingerprint density at radius 2 is 1.88 bits per heavy atom. The van der Waals surface area contributed by atoms with Crippen LogP contribution < -0.4 is 10.5 Å². The minimum Gasteiger partial charge on any atom is -0.497 e. The van der Waals surface area contributed by atoms with Crippen molar-refractivity contribution in [2.75, 3.05) is 13.7 Å². The van der Waals surface area contributed by atoms with Crippen LogP contribution in [0.2, 0.25) is 0 Å². The van der Waals surface area contributed by atoms with Crippen molar-refractivity contribution in [3.05, 3.63) is 64.8 Å². The van der Waals surface area contributed by atoms with Crippen molar-refractivity contribution in [1.82, 2.24) is 4.57 Å². The lowest BCUT2D eigenvalue weighted by molar-refractivity contribution is 0.414. The van der Waals surface area contributed by atoms with Gasteiger partial charge < -0.3 is 15.0 Å². The molecule has 3 rings (SSSR count). The van der Waals surface area contributed by atoms with Crippen molar-refractivity contribution in [2.45, 2.75) is 39.7 Å². The molecule has 0 fully saturated rings. The molecule has 0 aliphatic rings. The average Bonchev–Trinajstić information content (AvgIpc) is 2.90. The Morgan fingerprint density at radius 1 is 1.12 bits per heavy atom. The molecule has 1 unspecified atom stereocenters. The second-order valence-electron chi connectivity index (χ2n) is 6.68. The average molecular weight is 336 g/mol. The predicted molar refractivity (Wildman–Crippen MR) is 106 cm³/mol. The van der Waals surface area contributed by atoms with Gasteiger partial charge in [-0.2, -0.15) is 0 Å². The third-order valence-electron chi connectivity index (χ3n) is 5.33. The standard InChI is InChI=1S/C22H28N2O/c1-5-24-16(3)21(20-8-6-7-9-22(20)24)13-17(14-23)19-11-10-18(25-4)12-15(19)2/h6-12,17H,5,13-14,23H2,1-4H3.